The Morgan fingerprint density at radius 1 is 1.32 bits per heavy atom. The van der Waals surface area contributed by atoms with E-state index >= 15 is 0 Å². The SMILES string of the molecule is CCOC(=O)c1sc2nc(C(Cl)=Cc3cccc(OCC)c3)[nH]c(=O)c2c1C. The molecule has 1 N–H and O–H groups in total. The fraction of sp³-hybridized carbons (Fsp3) is 0.250. The van der Waals surface area contributed by atoms with Crippen molar-refractivity contribution in [3.8, 4) is 5.75 Å². The van der Waals surface area contributed by atoms with Crippen LogP contribution in [0.3, 0.4) is 0 Å². The van der Waals surface area contributed by atoms with E-state index in [4.69, 9.17) is 21.1 Å². The Morgan fingerprint density at radius 2 is 2.11 bits per heavy atom. The monoisotopic (exact) mass is 418 g/mol. The molecule has 0 atom stereocenters. The molecule has 0 saturated heterocycles. The first kappa shape index (κ1) is 20.1. The number of fused-ring (bicyclic) bond motifs is 1. The molecule has 0 unspecified atom stereocenters. The van der Waals surface area contributed by atoms with Crippen LogP contribution >= 0.6 is 22.9 Å². The van der Waals surface area contributed by atoms with Crippen molar-refractivity contribution in [3.63, 3.8) is 0 Å². The molecule has 0 radical (unpaired) electrons. The van der Waals surface area contributed by atoms with Gasteiger partial charge in [0.05, 0.1) is 23.6 Å². The number of hydrogen-bond donors (Lipinski definition) is 1. The van der Waals surface area contributed by atoms with Crippen LogP contribution in [0.1, 0.15) is 40.5 Å². The molecule has 3 aromatic rings. The maximum absolute atomic E-state index is 12.6. The van der Waals surface area contributed by atoms with Crippen molar-refractivity contribution in [3.05, 3.63) is 56.4 Å². The summed E-state index contributed by atoms with van der Waals surface area (Å²) in [4.78, 5) is 32.6. The van der Waals surface area contributed by atoms with Gasteiger partial charge in [-0.05, 0) is 50.1 Å². The molecular formula is C20H19ClN2O4S. The number of benzene rings is 1. The first-order valence-corrected chi connectivity index (χ1v) is 9.95. The van der Waals surface area contributed by atoms with Crippen LogP contribution in [-0.4, -0.2) is 29.2 Å². The van der Waals surface area contributed by atoms with Crippen molar-refractivity contribution in [1.82, 2.24) is 9.97 Å². The predicted octanol–water partition coefficient (Wildman–Crippen LogP) is 4.61. The Morgan fingerprint density at radius 3 is 2.82 bits per heavy atom. The molecule has 2 heterocycles. The maximum Gasteiger partial charge on any atom is 0.348 e. The third-order valence-electron chi connectivity index (χ3n) is 3.95. The third-order valence-corrected chi connectivity index (χ3v) is 5.40. The van der Waals surface area contributed by atoms with Gasteiger partial charge in [-0.25, -0.2) is 9.78 Å². The molecule has 2 aromatic heterocycles. The number of H-pyrrole nitrogens is 1. The highest BCUT2D eigenvalue weighted by Gasteiger charge is 2.20. The van der Waals surface area contributed by atoms with Gasteiger partial charge in [-0.3, -0.25) is 4.79 Å². The topological polar surface area (TPSA) is 81.3 Å². The molecule has 0 amide bonds. The Balaban J connectivity index is 2.03. The highest BCUT2D eigenvalue weighted by atomic mass is 35.5. The van der Waals surface area contributed by atoms with Gasteiger partial charge in [0.1, 0.15) is 15.5 Å². The number of carbonyl (C=O) groups is 1. The van der Waals surface area contributed by atoms with Crippen molar-refractivity contribution in [2.75, 3.05) is 13.2 Å². The summed E-state index contributed by atoms with van der Waals surface area (Å²) in [6.45, 7) is 6.17. The molecular weight excluding hydrogens is 400 g/mol. The number of esters is 1. The standard InChI is InChI=1S/C20H19ClN2O4S/c1-4-26-13-8-6-7-12(9-13)10-14(21)17-22-18(24)15-11(3)16(20(25)27-5-2)28-19(15)23-17/h6-10H,4-5H2,1-3H3,(H,22,23,24). The number of aryl methyl sites for hydroxylation is 1. The lowest BCUT2D eigenvalue weighted by atomic mass is 10.2. The number of thiophene rings is 1. The summed E-state index contributed by atoms with van der Waals surface area (Å²) in [6.07, 6.45) is 1.70. The zero-order chi connectivity index (χ0) is 20.3. The van der Waals surface area contributed by atoms with Gasteiger partial charge < -0.3 is 14.5 Å². The van der Waals surface area contributed by atoms with E-state index in [9.17, 15) is 9.59 Å². The second-order valence-corrected chi connectivity index (χ2v) is 7.28. The summed E-state index contributed by atoms with van der Waals surface area (Å²) in [5.41, 5.74) is 1.02. The minimum absolute atomic E-state index is 0.234. The van der Waals surface area contributed by atoms with Gasteiger partial charge in [0.15, 0.2) is 5.82 Å². The van der Waals surface area contributed by atoms with Crippen LogP contribution < -0.4 is 10.3 Å². The number of aromatic nitrogens is 2. The first-order valence-electron chi connectivity index (χ1n) is 8.75. The summed E-state index contributed by atoms with van der Waals surface area (Å²) < 4.78 is 10.5. The van der Waals surface area contributed by atoms with Crippen molar-refractivity contribution in [1.29, 1.82) is 0 Å². The number of hydrogen-bond acceptors (Lipinski definition) is 6. The van der Waals surface area contributed by atoms with Gasteiger partial charge in [-0.15, -0.1) is 11.3 Å². The molecule has 0 aliphatic rings. The Bertz CT molecular complexity index is 1120. The van der Waals surface area contributed by atoms with E-state index in [0.717, 1.165) is 22.6 Å². The highest BCUT2D eigenvalue weighted by molar-refractivity contribution is 7.20. The van der Waals surface area contributed by atoms with Crippen LogP contribution in [-0.2, 0) is 4.74 Å². The van der Waals surface area contributed by atoms with Crippen LogP contribution in [0.5, 0.6) is 5.75 Å². The molecule has 0 aliphatic carbocycles. The van der Waals surface area contributed by atoms with Gasteiger partial charge in [-0.2, -0.15) is 0 Å². The number of rotatable bonds is 6. The van der Waals surface area contributed by atoms with Crippen molar-refractivity contribution < 1.29 is 14.3 Å². The number of ether oxygens (including phenoxy) is 2. The molecule has 0 saturated carbocycles. The summed E-state index contributed by atoms with van der Waals surface area (Å²) in [5.74, 6) is 0.501. The van der Waals surface area contributed by atoms with Gasteiger partial charge in [0.2, 0.25) is 0 Å². The molecule has 0 fully saturated rings. The van der Waals surface area contributed by atoms with E-state index in [1.165, 1.54) is 0 Å². The summed E-state index contributed by atoms with van der Waals surface area (Å²) in [7, 11) is 0. The Hall–Kier alpha value is -2.64. The number of aromatic amines is 1. The molecule has 6 nitrogen and oxygen atoms in total. The molecule has 1 aromatic carbocycles. The highest BCUT2D eigenvalue weighted by Crippen LogP contribution is 2.29. The van der Waals surface area contributed by atoms with E-state index in [1.54, 1.807) is 19.9 Å². The molecule has 28 heavy (non-hydrogen) atoms. The number of nitrogens with zero attached hydrogens (tertiary/aromatic N) is 1. The molecule has 0 aliphatic heterocycles. The normalized spacial score (nSPS) is 11.6. The van der Waals surface area contributed by atoms with Gasteiger partial charge in [0.25, 0.3) is 5.56 Å². The largest absolute Gasteiger partial charge is 0.494 e. The van der Waals surface area contributed by atoms with Gasteiger partial charge in [0, 0.05) is 0 Å². The van der Waals surface area contributed by atoms with E-state index in [0.29, 0.717) is 27.3 Å². The quantitative estimate of drug-likeness (QED) is 0.591. The number of halogens is 1. The van der Waals surface area contributed by atoms with Crippen molar-refractivity contribution >= 4 is 50.2 Å². The lowest BCUT2D eigenvalue weighted by Gasteiger charge is -2.04. The van der Waals surface area contributed by atoms with Crippen molar-refractivity contribution in [2.45, 2.75) is 20.8 Å². The fourth-order valence-corrected chi connectivity index (χ4v) is 4.01. The van der Waals surface area contributed by atoms with E-state index in [2.05, 4.69) is 9.97 Å². The van der Waals surface area contributed by atoms with Crippen LogP contribution in [0, 0.1) is 6.92 Å². The smallest absolute Gasteiger partial charge is 0.348 e. The molecule has 0 spiro atoms. The lowest BCUT2D eigenvalue weighted by Crippen LogP contribution is -2.10. The second-order valence-electron chi connectivity index (χ2n) is 5.87. The van der Waals surface area contributed by atoms with Gasteiger partial charge in [-0.1, -0.05) is 23.7 Å². The molecule has 146 valence electrons. The minimum Gasteiger partial charge on any atom is -0.494 e. The first-order chi connectivity index (χ1) is 13.4. The predicted molar refractivity (Wildman–Crippen MR) is 112 cm³/mol. The molecule has 0 bridgehead atoms. The lowest BCUT2D eigenvalue weighted by molar-refractivity contribution is 0.0531. The average molecular weight is 419 g/mol. The van der Waals surface area contributed by atoms with E-state index < -0.39 is 5.97 Å². The van der Waals surface area contributed by atoms with Crippen molar-refractivity contribution in [2.24, 2.45) is 0 Å². The minimum atomic E-state index is -0.460. The third kappa shape index (κ3) is 4.10. The summed E-state index contributed by atoms with van der Waals surface area (Å²) in [5, 5.41) is 0.649. The van der Waals surface area contributed by atoms with Crippen LogP contribution in [0.25, 0.3) is 21.3 Å². The Labute approximate surface area is 170 Å². The summed E-state index contributed by atoms with van der Waals surface area (Å²) in [6, 6.07) is 7.42. The zero-order valence-corrected chi connectivity index (χ0v) is 17.2. The zero-order valence-electron chi connectivity index (χ0n) is 15.7. The average Bonchev–Trinajstić information content (AvgIpc) is 2.99. The fourth-order valence-electron chi connectivity index (χ4n) is 2.72. The number of nitrogens with one attached hydrogen (secondary N) is 1. The number of carbonyl (C=O) groups excluding carboxylic acids is 1. The van der Waals surface area contributed by atoms with E-state index in [1.807, 2.05) is 31.2 Å². The van der Waals surface area contributed by atoms with Crippen LogP contribution in [0.2, 0.25) is 0 Å². The summed E-state index contributed by atoms with van der Waals surface area (Å²) >= 11 is 7.52. The molecule has 8 heteroatoms. The Kier molecular flexibility index (Phi) is 6.16. The second kappa shape index (κ2) is 8.58. The maximum atomic E-state index is 12.6. The van der Waals surface area contributed by atoms with E-state index in [-0.39, 0.29) is 23.0 Å². The van der Waals surface area contributed by atoms with Crippen LogP contribution in [0.15, 0.2) is 29.1 Å². The molecule has 3 rings (SSSR count). The van der Waals surface area contributed by atoms with Gasteiger partial charge >= 0.3 is 5.97 Å². The van der Waals surface area contributed by atoms with Crippen LogP contribution in [0.4, 0.5) is 0 Å².